The Hall–Kier alpha value is -2.04. The fourth-order valence-electron chi connectivity index (χ4n) is 2.48. The van der Waals surface area contributed by atoms with Crippen molar-refractivity contribution in [1.29, 1.82) is 0 Å². The molecule has 1 fully saturated rings. The number of nitrogens with one attached hydrogen (secondary N) is 1. The third-order valence-electron chi connectivity index (χ3n) is 3.75. The molecule has 3 rings (SSSR count). The Balaban J connectivity index is 1.64. The number of hydrogen-bond acceptors (Lipinski definition) is 7. The van der Waals surface area contributed by atoms with Crippen molar-refractivity contribution in [3.8, 4) is 0 Å². The smallest absolute Gasteiger partial charge is 0.259 e. The molecule has 1 saturated heterocycles. The van der Waals surface area contributed by atoms with E-state index in [1.807, 2.05) is 4.90 Å². The summed E-state index contributed by atoms with van der Waals surface area (Å²) < 4.78 is 28.3. The van der Waals surface area contributed by atoms with Gasteiger partial charge in [0.15, 0.2) is 5.03 Å². The average Bonchev–Trinajstić information content (AvgIpc) is 3.14. The molecule has 2 N–H and O–H groups in total. The van der Waals surface area contributed by atoms with Crippen LogP contribution in [0.5, 0.6) is 0 Å². The van der Waals surface area contributed by atoms with E-state index in [0.29, 0.717) is 18.8 Å². The lowest BCUT2D eigenvalue weighted by Gasteiger charge is -2.23. The molecule has 1 atom stereocenters. The van der Waals surface area contributed by atoms with E-state index in [1.54, 1.807) is 30.2 Å². The zero-order chi connectivity index (χ0) is 16.5. The molecular weight excluding hydrogens is 320 g/mol. The van der Waals surface area contributed by atoms with Crippen LogP contribution in [0.4, 0.5) is 5.82 Å². The van der Waals surface area contributed by atoms with Gasteiger partial charge in [0.25, 0.3) is 10.0 Å². The number of rotatable bonds is 5. The van der Waals surface area contributed by atoms with E-state index in [9.17, 15) is 13.5 Å². The molecule has 0 radical (unpaired) electrons. The Bertz CT molecular complexity index is 778. The number of anilines is 1. The summed E-state index contributed by atoms with van der Waals surface area (Å²) in [6, 6.07) is 0. The van der Waals surface area contributed by atoms with Crippen LogP contribution in [0.1, 0.15) is 6.42 Å². The largest absolute Gasteiger partial charge is 0.387 e. The van der Waals surface area contributed by atoms with Crippen LogP contribution < -0.4 is 9.62 Å². The van der Waals surface area contributed by atoms with Crippen molar-refractivity contribution in [1.82, 2.24) is 24.2 Å². The molecule has 9 nitrogen and oxygen atoms in total. The quantitative estimate of drug-likeness (QED) is 0.728. The highest BCUT2D eigenvalue weighted by Gasteiger charge is 2.38. The van der Waals surface area contributed by atoms with Crippen LogP contribution in [-0.2, 0) is 17.1 Å². The molecule has 124 valence electrons. The van der Waals surface area contributed by atoms with Crippen LogP contribution in [0, 0.1) is 0 Å². The van der Waals surface area contributed by atoms with Crippen molar-refractivity contribution in [3.63, 3.8) is 0 Å². The Labute approximate surface area is 134 Å². The van der Waals surface area contributed by atoms with E-state index < -0.39 is 15.6 Å². The van der Waals surface area contributed by atoms with Crippen LogP contribution in [0.15, 0.2) is 36.1 Å². The second-order valence-corrected chi connectivity index (χ2v) is 7.38. The third kappa shape index (κ3) is 3.49. The second kappa shape index (κ2) is 5.87. The van der Waals surface area contributed by atoms with Gasteiger partial charge in [0.05, 0.1) is 18.1 Å². The Morgan fingerprint density at radius 1 is 1.39 bits per heavy atom. The summed E-state index contributed by atoms with van der Waals surface area (Å²) in [5, 5.41) is 10.5. The van der Waals surface area contributed by atoms with Gasteiger partial charge in [-0.25, -0.2) is 23.1 Å². The van der Waals surface area contributed by atoms with Crippen LogP contribution in [-0.4, -0.2) is 58.3 Å². The van der Waals surface area contributed by atoms with Crippen LogP contribution in [0.3, 0.4) is 0 Å². The highest BCUT2D eigenvalue weighted by molar-refractivity contribution is 7.89. The zero-order valence-corrected chi connectivity index (χ0v) is 13.4. The molecule has 10 heteroatoms. The zero-order valence-electron chi connectivity index (χ0n) is 12.6. The fourth-order valence-corrected chi connectivity index (χ4v) is 3.58. The maximum absolute atomic E-state index is 12.2. The molecule has 23 heavy (non-hydrogen) atoms. The minimum Gasteiger partial charge on any atom is -0.387 e. The number of sulfonamides is 1. The van der Waals surface area contributed by atoms with Gasteiger partial charge < -0.3 is 14.6 Å². The van der Waals surface area contributed by atoms with Gasteiger partial charge in [0.1, 0.15) is 5.82 Å². The van der Waals surface area contributed by atoms with Crippen LogP contribution in [0.2, 0.25) is 0 Å². The number of aliphatic hydroxyl groups is 1. The van der Waals surface area contributed by atoms with Crippen LogP contribution in [0.25, 0.3) is 0 Å². The Morgan fingerprint density at radius 2 is 2.22 bits per heavy atom. The van der Waals surface area contributed by atoms with Gasteiger partial charge in [-0.2, -0.15) is 0 Å². The number of aryl methyl sites for hydroxylation is 1. The van der Waals surface area contributed by atoms with Crippen molar-refractivity contribution < 1.29 is 13.5 Å². The number of nitrogens with zero attached hydrogens (tertiary/aromatic N) is 5. The van der Waals surface area contributed by atoms with Gasteiger partial charge in [-0.3, -0.25) is 4.98 Å². The molecule has 3 heterocycles. The monoisotopic (exact) mass is 338 g/mol. The number of imidazole rings is 1. The van der Waals surface area contributed by atoms with Crippen molar-refractivity contribution in [2.75, 3.05) is 24.5 Å². The van der Waals surface area contributed by atoms with Gasteiger partial charge >= 0.3 is 0 Å². The van der Waals surface area contributed by atoms with E-state index in [4.69, 9.17) is 0 Å². The molecule has 0 bridgehead atoms. The predicted octanol–water partition coefficient (Wildman–Crippen LogP) is -0.870. The van der Waals surface area contributed by atoms with E-state index in [1.165, 1.54) is 12.5 Å². The first-order chi connectivity index (χ1) is 10.9. The molecule has 0 spiro atoms. The van der Waals surface area contributed by atoms with Gasteiger partial charge in [-0.1, -0.05) is 0 Å². The molecule has 1 unspecified atom stereocenters. The number of aromatic nitrogens is 4. The normalized spacial score (nSPS) is 21.7. The first kappa shape index (κ1) is 15.8. The maximum atomic E-state index is 12.2. The Morgan fingerprint density at radius 3 is 2.87 bits per heavy atom. The second-order valence-electron chi connectivity index (χ2n) is 5.66. The van der Waals surface area contributed by atoms with Gasteiger partial charge in [0.2, 0.25) is 0 Å². The number of hydrogen-bond donors (Lipinski definition) is 2. The molecule has 0 aliphatic carbocycles. The lowest BCUT2D eigenvalue weighted by molar-refractivity contribution is 0.0685. The van der Waals surface area contributed by atoms with E-state index in [-0.39, 0.29) is 18.1 Å². The van der Waals surface area contributed by atoms with E-state index in [2.05, 4.69) is 19.7 Å². The lowest BCUT2D eigenvalue weighted by atomic mass is 10.0. The Kier molecular flexibility index (Phi) is 4.04. The number of β-amino-alcohol motifs (C(OH)–C–C–N with tert-alkyl or cyclic N) is 1. The van der Waals surface area contributed by atoms with Gasteiger partial charge in [-0.15, -0.1) is 0 Å². The molecule has 1 aliphatic heterocycles. The third-order valence-corrected chi connectivity index (χ3v) is 5.04. The van der Waals surface area contributed by atoms with E-state index in [0.717, 1.165) is 0 Å². The molecule has 0 aromatic carbocycles. The molecule has 2 aromatic rings. The molecule has 1 aliphatic rings. The van der Waals surface area contributed by atoms with Gasteiger partial charge in [-0.05, 0) is 6.42 Å². The SMILES string of the molecule is Cn1cnc(S(=O)(=O)NCC2(O)CCN(c3cnccn3)C2)c1. The first-order valence-electron chi connectivity index (χ1n) is 7.09. The van der Waals surface area contributed by atoms with Crippen molar-refractivity contribution >= 4 is 15.8 Å². The summed E-state index contributed by atoms with van der Waals surface area (Å²) in [4.78, 5) is 13.9. The molecular formula is C13H18N6O3S. The minimum atomic E-state index is -3.74. The van der Waals surface area contributed by atoms with Gasteiger partial charge in [0, 0.05) is 45.3 Å². The summed E-state index contributed by atoms with van der Waals surface area (Å²) in [6.45, 7) is 0.791. The lowest BCUT2D eigenvalue weighted by Crippen LogP contribution is -2.45. The summed E-state index contributed by atoms with van der Waals surface area (Å²) in [5.41, 5.74) is -1.15. The highest BCUT2D eigenvalue weighted by atomic mass is 32.2. The molecule has 2 aromatic heterocycles. The highest BCUT2D eigenvalue weighted by Crippen LogP contribution is 2.24. The topological polar surface area (TPSA) is 113 Å². The molecule has 0 saturated carbocycles. The average molecular weight is 338 g/mol. The first-order valence-corrected chi connectivity index (χ1v) is 8.57. The van der Waals surface area contributed by atoms with Crippen molar-refractivity contribution in [2.45, 2.75) is 17.0 Å². The standard InChI is InChI=1S/C13H18N6O3S/c1-18-7-12(16-10-18)23(21,22)17-8-13(20)2-5-19(9-13)11-6-14-3-4-15-11/h3-4,6-7,10,17,20H,2,5,8-9H2,1H3. The maximum Gasteiger partial charge on any atom is 0.259 e. The van der Waals surface area contributed by atoms with E-state index >= 15 is 0 Å². The summed E-state index contributed by atoms with van der Waals surface area (Å²) in [6.07, 6.45) is 8.03. The molecule has 0 amide bonds. The van der Waals surface area contributed by atoms with Crippen LogP contribution >= 0.6 is 0 Å². The minimum absolute atomic E-state index is 0.0626. The summed E-state index contributed by atoms with van der Waals surface area (Å²) >= 11 is 0. The summed E-state index contributed by atoms with van der Waals surface area (Å²) in [5.74, 6) is 0.663. The van der Waals surface area contributed by atoms with Crippen molar-refractivity contribution in [2.24, 2.45) is 7.05 Å². The fraction of sp³-hybridized carbons (Fsp3) is 0.462. The summed E-state index contributed by atoms with van der Waals surface area (Å²) in [7, 11) is -2.05. The van der Waals surface area contributed by atoms with Crippen molar-refractivity contribution in [3.05, 3.63) is 31.1 Å². The predicted molar refractivity (Wildman–Crippen MR) is 82.2 cm³/mol.